The molecule has 0 radical (unpaired) electrons. The van der Waals surface area contributed by atoms with Crippen LogP contribution in [0.15, 0.2) is 0 Å². The third-order valence-electron chi connectivity index (χ3n) is 2.85. The molecule has 1 aliphatic rings. The number of sulfone groups is 1. The maximum absolute atomic E-state index is 11.0. The third kappa shape index (κ3) is 6.42. The number of nitrogens with zero attached hydrogens (tertiary/aromatic N) is 2. The predicted molar refractivity (Wildman–Crippen MR) is 66.5 cm³/mol. The molecular formula is C10H23N3O2S. The zero-order valence-electron chi connectivity index (χ0n) is 10.3. The molecular weight excluding hydrogens is 226 g/mol. The molecule has 1 heterocycles. The van der Waals surface area contributed by atoms with Crippen LogP contribution >= 0.6 is 0 Å². The van der Waals surface area contributed by atoms with Crippen LogP contribution in [0.1, 0.15) is 0 Å². The van der Waals surface area contributed by atoms with Crippen LogP contribution in [0.25, 0.3) is 0 Å². The van der Waals surface area contributed by atoms with Gasteiger partial charge in [-0.05, 0) is 7.05 Å². The van der Waals surface area contributed by atoms with Crippen LogP contribution in [0.3, 0.4) is 0 Å². The fourth-order valence-corrected chi connectivity index (χ4v) is 2.32. The number of likely N-dealkylation sites (N-methyl/N-ethyl adjacent to an activating group) is 1. The van der Waals surface area contributed by atoms with E-state index in [1.165, 1.54) is 6.26 Å². The highest BCUT2D eigenvalue weighted by Gasteiger charge is 2.10. The van der Waals surface area contributed by atoms with Gasteiger partial charge >= 0.3 is 0 Å². The Morgan fingerprint density at radius 1 is 1.25 bits per heavy atom. The normalized spacial score (nSPS) is 19.2. The summed E-state index contributed by atoms with van der Waals surface area (Å²) in [6, 6.07) is 0. The molecule has 1 fully saturated rings. The van der Waals surface area contributed by atoms with Crippen LogP contribution in [0, 0.1) is 0 Å². The molecule has 0 aliphatic carbocycles. The van der Waals surface area contributed by atoms with Gasteiger partial charge in [-0.25, -0.2) is 8.42 Å². The molecule has 0 atom stereocenters. The van der Waals surface area contributed by atoms with Crippen LogP contribution in [0.2, 0.25) is 0 Å². The van der Waals surface area contributed by atoms with Gasteiger partial charge in [-0.3, -0.25) is 4.90 Å². The van der Waals surface area contributed by atoms with E-state index in [0.717, 1.165) is 39.3 Å². The van der Waals surface area contributed by atoms with Crippen LogP contribution in [0.4, 0.5) is 0 Å². The lowest BCUT2D eigenvalue weighted by molar-refractivity contribution is 0.208. The van der Waals surface area contributed by atoms with Crippen molar-refractivity contribution in [3.8, 4) is 0 Å². The number of hydrogen-bond donors (Lipinski definition) is 1. The van der Waals surface area contributed by atoms with Crippen LogP contribution in [-0.4, -0.2) is 83.1 Å². The molecule has 1 aliphatic heterocycles. The van der Waals surface area contributed by atoms with Crippen molar-refractivity contribution in [1.82, 2.24) is 15.1 Å². The lowest BCUT2D eigenvalue weighted by Gasteiger charge is -2.29. The van der Waals surface area contributed by atoms with Crippen molar-refractivity contribution in [2.24, 2.45) is 0 Å². The molecule has 0 bridgehead atoms. The van der Waals surface area contributed by atoms with Gasteiger partial charge in [-0.15, -0.1) is 0 Å². The first-order chi connectivity index (χ1) is 7.47. The molecule has 0 aromatic rings. The zero-order chi connectivity index (χ0) is 12.0. The van der Waals surface area contributed by atoms with Crippen molar-refractivity contribution in [3.63, 3.8) is 0 Å². The Balaban J connectivity index is 2.11. The summed E-state index contributed by atoms with van der Waals surface area (Å²) in [5.41, 5.74) is 0. The van der Waals surface area contributed by atoms with Gasteiger partial charge in [-0.2, -0.15) is 0 Å². The highest BCUT2D eigenvalue weighted by Crippen LogP contribution is 1.94. The lowest BCUT2D eigenvalue weighted by Crippen LogP contribution is -2.46. The smallest absolute Gasteiger partial charge is 0.148 e. The zero-order valence-corrected chi connectivity index (χ0v) is 11.1. The topological polar surface area (TPSA) is 52.6 Å². The molecule has 16 heavy (non-hydrogen) atoms. The Morgan fingerprint density at radius 2 is 1.88 bits per heavy atom. The third-order valence-corrected chi connectivity index (χ3v) is 3.78. The van der Waals surface area contributed by atoms with Gasteiger partial charge in [0.15, 0.2) is 0 Å². The molecule has 0 amide bonds. The number of hydrogen-bond acceptors (Lipinski definition) is 5. The van der Waals surface area contributed by atoms with Crippen molar-refractivity contribution in [3.05, 3.63) is 0 Å². The molecule has 1 saturated heterocycles. The molecule has 1 rings (SSSR count). The Kier molecular flexibility index (Phi) is 5.68. The van der Waals surface area contributed by atoms with Gasteiger partial charge in [0.2, 0.25) is 0 Å². The van der Waals surface area contributed by atoms with E-state index in [4.69, 9.17) is 0 Å². The van der Waals surface area contributed by atoms with Gasteiger partial charge in [-0.1, -0.05) is 0 Å². The Bertz CT molecular complexity index is 286. The van der Waals surface area contributed by atoms with E-state index in [1.807, 2.05) is 7.05 Å². The Morgan fingerprint density at radius 3 is 2.44 bits per heavy atom. The quantitative estimate of drug-likeness (QED) is 0.645. The fourth-order valence-electron chi connectivity index (χ4n) is 1.68. The summed E-state index contributed by atoms with van der Waals surface area (Å²) >= 11 is 0. The standard InChI is InChI=1S/C10H23N3O2S/c1-12(9-10-16(2,14)15)7-8-13-5-3-11-4-6-13/h11H,3-10H2,1-2H3. The summed E-state index contributed by atoms with van der Waals surface area (Å²) < 4.78 is 22.0. The highest BCUT2D eigenvalue weighted by molar-refractivity contribution is 7.90. The monoisotopic (exact) mass is 249 g/mol. The first-order valence-electron chi connectivity index (χ1n) is 5.77. The van der Waals surface area contributed by atoms with Gasteiger partial charge in [0.1, 0.15) is 9.84 Å². The van der Waals surface area contributed by atoms with Crippen molar-refractivity contribution in [2.45, 2.75) is 0 Å². The molecule has 96 valence electrons. The molecule has 1 N–H and O–H groups in total. The van der Waals surface area contributed by atoms with Crippen molar-refractivity contribution in [1.29, 1.82) is 0 Å². The summed E-state index contributed by atoms with van der Waals surface area (Å²) in [4.78, 5) is 4.50. The molecule has 0 aromatic carbocycles. The average Bonchev–Trinajstić information content (AvgIpc) is 2.24. The van der Waals surface area contributed by atoms with E-state index in [9.17, 15) is 8.42 Å². The number of piperazine rings is 1. The first kappa shape index (κ1) is 13.9. The van der Waals surface area contributed by atoms with Crippen molar-refractivity contribution < 1.29 is 8.42 Å². The lowest BCUT2D eigenvalue weighted by atomic mass is 10.3. The first-order valence-corrected chi connectivity index (χ1v) is 7.83. The maximum atomic E-state index is 11.0. The number of nitrogens with one attached hydrogen (secondary N) is 1. The van der Waals surface area contributed by atoms with Gasteiger partial charge in [0, 0.05) is 52.1 Å². The van der Waals surface area contributed by atoms with Gasteiger partial charge in [0.25, 0.3) is 0 Å². The molecule has 0 unspecified atom stereocenters. The van der Waals surface area contributed by atoms with E-state index in [2.05, 4.69) is 15.1 Å². The van der Waals surface area contributed by atoms with Crippen molar-refractivity contribution >= 4 is 9.84 Å². The highest BCUT2D eigenvalue weighted by atomic mass is 32.2. The second-order valence-electron chi connectivity index (χ2n) is 4.52. The van der Waals surface area contributed by atoms with Crippen LogP contribution in [-0.2, 0) is 9.84 Å². The molecule has 0 aromatic heterocycles. The Labute approximate surface area is 98.7 Å². The summed E-state index contributed by atoms with van der Waals surface area (Å²) in [5, 5.41) is 3.31. The second-order valence-corrected chi connectivity index (χ2v) is 6.78. The summed E-state index contributed by atoms with van der Waals surface area (Å²) in [6.07, 6.45) is 1.29. The fraction of sp³-hybridized carbons (Fsp3) is 1.00. The van der Waals surface area contributed by atoms with E-state index < -0.39 is 9.84 Å². The minimum Gasteiger partial charge on any atom is -0.314 e. The van der Waals surface area contributed by atoms with Crippen LogP contribution in [0.5, 0.6) is 0 Å². The van der Waals surface area contributed by atoms with Crippen LogP contribution < -0.4 is 5.32 Å². The predicted octanol–water partition coefficient (Wildman–Crippen LogP) is -1.13. The Hall–Kier alpha value is -0.170. The average molecular weight is 249 g/mol. The van der Waals surface area contributed by atoms with Gasteiger partial charge in [0.05, 0.1) is 5.75 Å². The second kappa shape index (κ2) is 6.54. The van der Waals surface area contributed by atoms with Gasteiger partial charge < -0.3 is 10.2 Å². The summed E-state index contributed by atoms with van der Waals surface area (Å²) in [5.74, 6) is 0.255. The largest absolute Gasteiger partial charge is 0.314 e. The minimum absolute atomic E-state index is 0.255. The van der Waals surface area contributed by atoms with E-state index in [0.29, 0.717) is 6.54 Å². The maximum Gasteiger partial charge on any atom is 0.148 e. The summed E-state index contributed by atoms with van der Waals surface area (Å²) in [7, 11) is -0.848. The minimum atomic E-state index is -2.83. The molecule has 6 heteroatoms. The molecule has 0 spiro atoms. The van der Waals surface area contributed by atoms with E-state index in [-0.39, 0.29) is 5.75 Å². The van der Waals surface area contributed by atoms with E-state index in [1.54, 1.807) is 0 Å². The molecule has 5 nitrogen and oxygen atoms in total. The molecule has 0 saturated carbocycles. The SMILES string of the molecule is CN(CCN1CCNCC1)CCS(C)(=O)=O. The van der Waals surface area contributed by atoms with Crippen molar-refractivity contribution in [2.75, 3.05) is 64.9 Å². The van der Waals surface area contributed by atoms with E-state index >= 15 is 0 Å². The number of rotatable bonds is 6. The summed E-state index contributed by atoms with van der Waals surface area (Å²) in [6.45, 7) is 6.92.